The van der Waals surface area contributed by atoms with Crippen molar-refractivity contribution in [2.24, 2.45) is 17.3 Å². The largest absolute Gasteiger partial charge is 0.481 e. The van der Waals surface area contributed by atoms with Crippen molar-refractivity contribution < 1.29 is 9.90 Å². The Labute approximate surface area is 92.1 Å². The molecule has 1 N–H and O–H groups in total. The molecular formula is C13H22O2. The molecule has 1 unspecified atom stereocenters. The number of rotatable bonds is 4. The molecule has 2 rings (SSSR count). The van der Waals surface area contributed by atoms with Crippen molar-refractivity contribution in [1.29, 1.82) is 0 Å². The fourth-order valence-corrected chi connectivity index (χ4v) is 3.18. The third-order valence-electron chi connectivity index (χ3n) is 4.40. The minimum absolute atomic E-state index is 0.361. The van der Waals surface area contributed by atoms with E-state index in [4.69, 9.17) is 0 Å². The second-order valence-corrected chi connectivity index (χ2v) is 5.66. The lowest BCUT2D eigenvalue weighted by Crippen LogP contribution is -2.35. The lowest BCUT2D eigenvalue weighted by atomic mass is 9.68. The predicted octanol–water partition coefficient (Wildman–Crippen LogP) is 3.46. The molecule has 2 aliphatic carbocycles. The zero-order valence-electron chi connectivity index (χ0n) is 9.67. The summed E-state index contributed by atoms with van der Waals surface area (Å²) in [6, 6.07) is 0. The van der Waals surface area contributed by atoms with Crippen LogP contribution in [0.15, 0.2) is 0 Å². The normalized spacial score (nSPS) is 27.3. The molecule has 0 aromatic carbocycles. The van der Waals surface area contributed by atoms with Gasteiger partial charge in [0.05, 0.1) is 5.41 Å². The Balaban J connectivity index is 2.00. The third kappa shape index (κ3) is 2.35. The molecule has 0 saturated heterocycles. The van der Waals surface area contributed by atoms with E-state index in [1.807, 2.05) is 0 Å². The van der Waals surface area contributed by atoms with Crippen LogP contribution in [0.2, 0.25) is 0 Å². The second kappa shape index (κ2) is 4.15. The summed E-state index contributed by atoms with van der Waals surface area (Å²) in [7, 11) is 0. The maximum atomic E-state index is 11.5. The maximum absolute atomic E-state index is 11.5. The first kappa shape index (κ1) is 11.0. The molecule has 2 nitrogen and oxygen atoms in total. The van der Waals surface area contributed by atoms with Crippen molar-refractivity contribution in [3.05, 3.63) is 0 Å². The van der Waals surface area contributed by atoms with Crippen LogP contribution < -0.4 is 0 Å². The number of hydrogen-bond donors (Lipinski definition) is 1. The van der Waals surface area contributed by atoms with Crippen molar-refractivity contribution in [2.75, 3.05) is 0 Å². The molecule has 0 aromatic rings. The zero-order chi connectivity index (χ0) is 10.9. The average Bonchev–Trinajstić information content (AvgIpc) is 3.02. The van der Waals surface area contributed by atoms with Gasteiger partial charge in [0.1, 0.15) is 0 Å². The number of carbonyl (C=O) groups is 1. The summed E-state index contributed by atoms with van der Waals surface area (Å²) in [6.07, 6.45) is 8.87. The first-order valence-corrected chi connectivity index (χ1v) is 6.37. The van der Waals surface area contributed by atoms with Gasteiger partial charge in [-0.15, -0.1) is 0 Å². The molecule has 0 aliphatic heterocycles. The van der Waals surface area contributed by atoms with Crippen LogP contribution in [0.3, 0.4) is 0 Å². The predicted molar refractivity (Wildman–Crippen MR) is 59.7 cm³/mol. The lowest BCUT2D eigenvalue weighted by Gasteiger charge is -2.35. The van der Waals surface area contributed by atoms with Crippen LogP contribution >= 0.6 is 0 Å². The quantitative estimate of drug-likeness (QED) is 0.771. The Hall–Kier alpha value is -0.530. The van der Waals surface area contributed by atoms with Gasteiger partial charge in [-0.1, -0.05) is 26.2 Å². The van der Waals surface area contributed by atoms with Gasteiger partial charge in [-0.2, -0.15) is 0 Å². The highest BCUT2D eigenvalue weighted by atomic mass is 16.4. The highest BCUT2D eigenvalue weighted by molar-refractivity contribution is 5.74. The first-order chi connectivity index (χ1) is 7.14. The van der Waals surface area contributed by atoms with E-state index in [1.165, 1.54) is 19.3 Å². The van der Waals surface area contributed by atoms with Gasteiger partial charge < -0.3 is 5.11 Å². The summed E-state index contributed by atoms with van der Waals surface area (Å²) >= 11 is 0. The van der Waals surface area contributed by atoms with Crippen LogP contribution in [0.5, 0.6) is 0 Å². The molecule has 2 heteroatoms. The molecule has 2 saturated carbocycles. The first-order valence-electron chi connectivity index (χ1n) is 6.37. The highest BCUT2D eigenvalue weighted by Crippen LogP contribution is 2.47. The van der Waals surface area contributed by atoms with Gasteiger partial charge in [0.2, 0.25) is 0 Å². The van der Waals surface area contributed by atoms with Crippen molar-refractivity contribution in [1.82, 2.24) is 0 Å². The molecule has 2 fully saturated rings. The average molecular weight is 210 g/mol. The number of carboxylic acids is 1. The number of aliphatic carboxylic acids is 1. The molecule has 0 heterocycles. The van der Waals surface area contributed by atoms with Crippen LogP contribution in [0, 0.1) is 17.3 Å². The van der Waals surface area contributed by atoms with Crippen molar-refractivity contribution in [2.45, 2.75) is 58.3 Å². The van der Waals surface area contributed by atoms with E-state index in [9.17, 15) is 9.90 Å². The van der Waals surface area contributed by atoms with Crippen molar-refractivity contribution in [3.63, 3.8) is 0 Å². The zero-order valence-corrected chi connectivity index (χ0v) is 9.67. The minimum Gasteiger partial charge on any atom is -0.481 e. The Morgan fingerprint density at radius 1 is 1.33 bits per heavy atom. The van der Waals surface area contributed by atoms with Crippen molar-refractivity contribution in [3.8, 4) is 0 Å². The van der Waals surface area contributed by atoms with E-state index in [1.54, 1.807) is 0 Å². The van der Waals surface area contributed by atoms with Crippen LogP contribution in [0.1, 0.15) is 58.3 Å². The molecule has 86 valence electrons. The fraction of sp³-hybridized carbons (Fsp3) is 0.923. The van der Waals surface area contributed by atoms with E-state index in [0.717, 1.165) is 38.0 Å². The fourth-order valence-electron chi connectivity index (χ4n) is 3.18. The Morgan fingerprint density at radius 3 is 2.40 bits per heavy atom. The highest BCUT2D eigenvalue weighted by Gasteiger charge is 2.43. The standard InChI is InChI=1S/C13H22O2/c1-10(11-5-6-11)9-13(12(14)15)7-3-2-4-8-13/h10-11H,2-9H2,1H3,(H,14,15). The maximum Gasteiger partial charge on any atom is 0.309 e. The summed E-state index contributed by atoms with van der Waals surface area (Å²) < 4.78 is 0. The summed E-state index contributed by atoms with van der Waals surface area (Å²) in [5.41, 5.74) is -0.361. The van der Waals surface area contributed by atoms with Gasteiger partial charge in [-0.3, -0.25) is 4.79 Å². The van der Waals surface area contributed by atoms with Crippen LogP contribution in [-0.4, -0.2) is 11.1 Å². The van der Waals surface area contributed by atoms with E-state index in [0.29, 0.717) is 5.92 Å². The number of hydrogen-bond acceptors (Lipinski definition) is 1. The van der Waals surface area contributed by atoms with E-state index >= 15 is 0 Å². The van der Waals surface area contributed by atoms with E-state index in [-0.39, 0.29) is 5.41 Å². The molecule has 0 radical (unpaired) electrons. The molecule has 0 amide bonds. The monoisotopic (exact) mass is 210 g/mol. The molecule has 2 aliphatic rings. The van der Waals surface area contributed by atoms with Gasteiger partial charge in [0.25, 0.3) is 0 Å². The molecule has 0 aromatic heterocycles. The summed E-state index contributed by atoms with van der Waals surface area (Å²) in [5, 5.41) is 9.44. The Kier molecular flexibility index (Phi) is 3.03. The molecular weight excluding hydrogens is 188 g/mol. The molecule has 0 bridgehead atoms. The SMILES string of the molecule is CC(CC1(C(=O)O)CCCCC1)C1CC1. The number of carboxylic acid groups (broad SMARTS) is 1. The van der Waals surface area contributed by atoms with Crippen LogP contribution in [0.4, 0.5) is 0 Å². The van der Waals surface area contributed by atoms with Gasteiger partial charge in [0.15, 0.2) is 0 Å². The van der Waals surface area contributed by atoms with E-state index < -0.39 is 5.97 Å². The van der Waals surface area contributed by atoms with Crippen LogP contribution in [-0.2, 0) is 4.79 Å². The van der Waals surface area contributed by atoms with Crippen LogP contribution in [0.25, 0.3) is 0 Å². The molecule has 15 heavy (non-hydrogen) atoms. The summed E-state index contributed by atoms with van der Waals surface area (Å²) in [6.45, 7) is 2.25. The van der Waals surface area contributed by atoms with Gasteiger partial charge >= 0.3 is 5.97 Å². The Morgan fingerprint density at radius 2 is 1.93 bits per heavy atom. The lowest BCUT2D eigenvalue weighted by molar-refractivity contribution is -0.152. The summed E-state index contributed by atoms with van der Waals surface area (Å²) in [4.78, 5) is 11.5. The summed E-state index contributed by atoms with van der Waals surface area (Å²) in [5.74, 6) is 0.928. The molecule has 1 atom stereocenters. The Bertz CT molecular complexity index is 237. The topological polar surface area (TPSA) is 37.3 Å². The van der Waals surface area contributed by atoms with Gasteiger partial charge in [0, 0.05) is 0 Å². The minimum atomic E-state index is -0.533. The van der Waals surface area contributed by atoms with Crippen molar-refractivity contribution >= 4 is 5.97 Å². The van der Waals surface area contributed by atoms with Gasteiger partial charge in [-0.05, 0) is 43.9 Å². The molecule has 0 spiro atoms. The second-order valence-electron chi connectivity index (χ2n) is 5.66. The van der Waals surface area contributed by atoms with Gasteiger partial charge in [-0.25, -0.2) is 0 Å². The van der Waals surface area contributed by atoms with E-state index in [2.05, 4.69) is 6.92 Å². The smallest absolute Gasteiger partial charge is 0.309 e. The third-order valence-corrected chi connectivity index (χ3v) is 4.40.